The van der Waals surface area contributed by atoms with Gasteiger partial charge in [0.2, 0.25) is 0 Å². The van der Waals surface area contributed by atoms with Crippen LogP contribution >= 0.6 is 11.6 Å². The average Bonchev–Trinajstić information content (AvgIpc) is 3.17. The molecule has 0 bridgehead atoms. The molecule has 26 heavy (non-hydrogen) atoms. The third-order valence-electron chi connectivity index (χ3n) is 5.76. The van der Waals surface area contributed by atoms with Crippen LogP contribution in [0.4, 0.5) is 0 Å². The van der Waals surface area contributed by atoms with Crippen molar-refractivity contribution in [2.75, 3.05) is 52.5 Å². The third-order valence-corrected chi connectivity index (χ3v) is 6.07. The Bertz CT molecular complexity index is 759. The number of rotatable bonds is 5. The zero-order valence-corrected chi connectivity index (χ0v) is 16.0. The zero-order chi connectivity index (χ0) is 18.1. The first-order chi connectivity index (χ1) is 12.7. The smallest absolute Gasteiger partial charge is 0.0858 e. The van der Waals surface area contributed by atoms with E-state index in [9.17, 15) is 5.11 Å². The van der Waals surface area contributed by atoms with Gasteiger partial charge in [-0.25, -0.2) is 0 Å². The number of aliphatic hydroxyl groups excluding tert-OH is 1. The van der Waals surface area contributed by atoms with Gasteiger partial charge in [-0.05, 0) is 24.0 Å². The van der Waals surface area contributed by atoms with Crippen molar-refractivity contribution in [3.8, 4) is 0 Å². The van der Waals surface area contributed by atoms with Crippen molar-refractivity contribution >= 4 is 22.5 Å². The quantitative estimate of drug-likeness (QED) is 0.856. The van der Waals surface area contributed by atoms with Gasteiger partial charge in [-0.2, -0.15) is 5.10 Å². The van der Waals surface area contributed by atoms with Crippen LogP contribution in [0.25, 0.3) is 10.9 Å². The van der Waals surface area contributed by atoms with Gasteiger partial charge in [-0.1, -0.05) is 17.7 Å². The number of aromatic nitrogens is 2. The molecule has 2 aliphatic heterocycles. The number of nitrogens with zero attached hydrogens (tertiary/aromatic N) is 4. The molecule has 0 spiro atoms. The Balaban J connectivity index is 1.47. The van der Waals surface area contributed by atoms with Crippen molar-refractivity contribution in [3.05, 3.63) is 28.9 Å². The second-order valence-corrected chi connectivity index (χ2v) is 7.92. The lowest BCUT2D eigenvalue weighted by Crippen LogP contribution is -2.41. The van der Waals surface area contributed by atoms with E-state index in [1.54, 1.807) is 0 Å². The molecule has 0 saturated carbocycles. The number of benzene rings is 1. The molecule has 3 heterocycles. The predicted molar refractivity (Wildman–Crippen MR) is 102 cm³/mol. The number of halogens is 1. The number of fused-ring (bicyclic) bond motifs is 1. The lowest BCUT2D eigenvalue weighted by Gasteiger charge is -2.30. The first kappa shape index (κ1) is 18.2. The zero-order valence-electron chi connectivity index (χ0n) is 15.3. The monoisotopic (exact) mass is 378 g/mol. The molecule has 2 atom stereocenters. The molecule has 7 heteroatoms. The summed E-state index contributed by atoms with van der Waals surface area (Å²) in [6.07, 6.45) is 0. The maximum atomic E-state index is 9.86. The molecule has 0 aliphatic carbocycles. The van der Waals surface area contributed by atoms with Crippen LogP contribution in [-0.2, 0) is 18.3 Å². The fourth-order valence-corrected chi connectivity index (χ4v) is 4.65. The Morgan fingerprint density at radius 1 is 1.19 bits per heavy atom. The lowest BCUT2D eigenvalue weighted by atomic mass is 9.96. The Morgan fingerprint density at radius 3 is 2.73 bits per heavy atom. The van der Waals surface area contributed by atoms with E-state index in [4.69, 9.17) is 21.4 Å². The molecule has 2 fully saturated rings. The van der Waals surface area contributed by atoms with Crippen molar-refractivity contribution in [3.63, 3.8) is 0 Å². The molecule has 1 aromatic carbocycles. The second-order valence-electron chi connectivity index (χ2n) is 7.51. The first-order valence-electron chi connectivity index (χ1n) is 9.39. The molecule has 2 aromatic rings. The van der Waals surface area contributed by atoms with Gasteiger partial charge in [0.05, 0.1) is 29.4 Å². The van der Waals surface area contributed by atoms with E-state index in [-0.39, 0.29) is 6.61 Å². The molecule has 2 aliphatic rings. The minimum atomic E-state index is 0.245. The van der Waals surface area contributed by atoms with Crippen LogP contribution in [0.3, 0.4) is 0 Å². The summed E-state index contributed by atoms with van der Waals surface area (Å²) in [5, 5.41) is 16.4. The van der Waals surface area contributed by atoms with E-state index in [0.29, 0.717) is 11.8 Å². The molecule has 0 unspecified atom stereocenters. The largest absolute Gasteiger partial charge is 0.396 e. The minimum absolute atomic E-state index is 0.245. The summed E-state index contributed by atoms with van der Waals surface area (Å²) in [4.78, 5) is 4.88. The van der Waals surface area contributed by atoms with Crippen LogP contribution < -0.4 is 0 Å². The second kappa shape index (κ2) is 7.82. The van der Waals surface area contributed by atoms with Gasteiger partial charge >= 0.3 is 0 Å². The molecule has 0 radical (unpaired) electrons. The highest BCUT2D eigenvalue weighted by molar-refractivity contribution is 6.35. The molecule has 1 aromatic heterocycles. The van der Waals surface area contributed by atoms with Gasteiger partial charge < -0.3 is 9.84 Å². The highest BCUT2D eigenvalue weighted by Gasteiger charge is 2.34. The normalized spacial score (nSPS) is 25.3. The maximum absolute atomic E-state index is 9.86. The first-order valence-corrected chi connectivity index (χ1v) is 9.77. The van der Waals surface area contributed by atoms with Crippen molar-refractivity contribution in [1.29, 1.82) is 0 Å². The Hall–Kier alpha value is -1.18. The maximum Gasteiger partial charge on any atom is 0.0858 e. The average molecular weight is 379 g/mol. The van der Waals surface area contributed by atoms with E-state index < -0.39 is 0 Å². The van der Waals surface area contributed by atoms with Gasteiger partial charge in [0.15, 0.2) is 0 Å². The van der Waals surface area contributed by atoms with Crippen molar-refractivity contribution < 1.29 is 9.84 Å². The summed E-state index contributed by atoms with van der Waals surface area (Å²) in [6.45, 7) is 7.59. The van der Waals surface area contributed by atoms with Crippen LogP contribution in [0.5, 0.6) is 0 Å². The number of hydrogen-bond donors (Lipinski definition) is 1. The molecule has 142 valence electrons. The van der Waals surface area contributed by atoms with Crippen LogP contribution in [0.15, 0.2) is 18.2 Å². The molecule has 4 rings (SSSR count). The van der Waals surface area contributed by atoms with Crippen molar-refractivity contribution in [2.24, 2.45) is 18.9 Å². The summed E-state index contributed by atoms with van der Waals surface area (Å²) in [6, 6.07) is 5.95. The van der Waals surface area contributed by atoms with E-state index in [2.05, 4.69) is 15.9 Å². The fraction of sp³-hybridized carbons (Fsp3) is 0.632. The minimum Gasteiger partial charge on any atom is -0.396 e. The van der Waals surface area contributed by atoms with E-state index >= 15 is 0 Å². The topological polar surface area (TPSA) is 53.8 Å². The Kier molecular flexibility index (Phi) is 5.47. The van der Waals surface area contributed by atoms with E-state index in [1.807, 2.05) is 23.9 Å². The third kappa shape index (κ3) is 3.62. The summed E-state index contributed by atoms with van der Waals surface area (Å²) in [7, 11) is 1.96. The lowest BCUT2D eigenvalue weighted by molar-refractivity contribution is 0.0264. The summed E-state index contributed by atoms with van der Waals surface area (Å²) >= 11 is 6.44. The predicted octanol–water partition coefficient (Wildman–Crippen LogP) is 1.60. The molecule has 1 N–H and O–H groups in total. The molecule has 6 nitrogen and oxygen atoms in total. The van der Waals surface area contributed by atoms with Gasteiger partial charge in [0, 0.05) is 58.3 Å². The van der Waals surface area contributed by atoms with Gasteiger partial charge in [-0.3, -0.25) is 14.5 Å². The molecular weight excluding hydrogens is 352 g/mol. The Morgan fingerprint density at radius 2 is 1.96 bits per heavy atom. The van der Waals surface area contributed by atoms with Gasteiger partial charge in [0.25, 0.3) is 0 Å². The van der Waals surface area contributed by atoms with Crippen molar-refractivity contribution in [2.45, 2.75) is 6.54 Å². The summed E-state index contributed by atoms with van der Waals surface area (Å²) in [5.74, 6) is 0.812. The van der Waals surface area contributed by atoms with Crippen LogP contribution in [-0.4, -0.2) is 77.2 Å². The standard InChI is InChI=1S/C19H27ClN4O2/c1-22-18-4-2-3-16(20)19(18)17(21-22)12-24-10-14(15(11-24)13-25)9-23-5-7-26-8-6-23/h2-4,14-15,25H,5-13H2,1H3/t14-,15-/m1/s1. The number of morpholine rings is 1. The molecule has 2 saturated heterocycles. The van der Waals surface area contributed by atoms with Crippen LogP contribution in [0, 0.1) is 11.8 Å². The number of ether oxygens (including phenoxy) is 1. The van der Waals surface area contributed by atoms with E-state index in [1.165, 1.54) is 0 Å². The molecular formula is C19H27ClN4O2. The van der Waals surface area contributed by atoms with E-state index in [0.717, 1.165) is 74.1 Å². The summed E-state index contributed by atoms with van der Waals surface area (Å²) < 4.78 is 7.35. The number of aryl methyl sites for hydroxylation is 1. The SMILES string of the molecule is Cn1nc(CN2C[C@@H](CN3CCOCC3)[C@@H](CO)C2)c2c(Cl)cccc21. The molecule has 0 amide bonds. The Labute approximate surface area is 159 Å². The summed E-state index contributed by atoms with van der Waals surface area (Å²) in [5.41, 5.74) is 2.09. The highest BCUT2D eigenvalue weighted by Crippen LogP contribution is 2.30. The van der Waals surface area contributed by atoms with Crippen LogP contribution in [0.2, 0.25) is 5.02 Å². The fourth-order valence-electron chi connectivity index (χ4n) is 4.37. The van der Waals surface area contributed by atoms with Gasteiger partial charge in [-0.15, -0.1) is 0 Å². The number of aliphatic hydroxyl groups is 1. The highest BCUT2D eigenvalue weighted by atomic mass is 35.5. The number of hydrogen-bond acceptors (Lipinski definition) is 5. The van der Waals surface area contributed by atoms with Crippen molar-refractivity contribution in [1.82, 2.24) is 19.6 Å². The van der Waals surface area contributed by atoms with Crippen LogP contribution in [0.1, 0.15) is 5.69 Å². The van der Waals surface area contributed by atoms with Gasteiger partial charge in [0.1, 0.15) is 0 Å². The number of likely N-dealkylation sites (tertiary alicyclic amines) is 1.